The van der Waals surface area contributed by atoms with Gasteiger partial charge in [-0.1, -0.05) is 13.3 Å². The quantitative estimate of drug-likeness (QED) is 0.855. The molecular weight excluding hydrogens is 266 g/mol. The van der Waals surface area contributed by atoms with Gasteiger partial charge in [-0.3, -0.25) is 9.59 Å². The molecule has 0 radical (unpaired) electrons. The number of rotatable bonds is 4. The number of amides is 2. The second-order valence-electron chi connectivity index (χ2n) is 6.74. The SMILES string of the molecule is CCCC(C)(N)C(=O)N1CCC(N2CCCCC2=O)CC1. The first-order valence-corrected chi connectivity index (χ1v) is 8.33. The average molecular weight is 295 g/mol. The van der Waals surface area contributed by atoms with Gasteiger partial charge in [0.2, 0.25) is 11.8 Å². The molecule has 2 aliphatic rings. The molecule has 2 heterocycles. The van der Waals surface area contributed by atoms with Gasteiger partial charge in [-0.05, 0) is 39.0 Å². The fraction of sp³-hybridized carbons (Fsp3) is 0.875. The lowest BCUT2D eigenvalue weighted by Crippen LogP contribution is -2.57. The van der Waals surface area contributed by atoms with E-state index in [9.17, 15) is 9.59 Å². The largest absolute Gasteiger partial charge is 0.341 e. The molecule has 5 heteroatoms. The maximum absolute atomic E-state index is 12.5. The Kier molecular flexibility index (Phi) is 5.25. The van der Waals surface area contributed by atoms with Gasteiger partial charge < -0.3 is 15.5 Å². The van der Waals surface area contributed by atoms with Crippen LogP contribution in [0.15, 0.2) is 0 Å². The van der Waals surface area contributed by atoms with Gasteiger partial charge in [-0.25, -0.2) is 0 Å². The Labute approximate surface area is 127 Å². The molecule has 21 heavy (non-hydrogen) atoms. The Hall–Kier alpha value is -1.10. The highest BCUT2D eigenvalue weighted by atomic mass is 16.2. The van der Waals surface area contributed by atoms with Crippen molar-refractivity contribution < 1.29 is 9.59 Å². The van der Waals surface area contributed by atoms with Gasteiger partial charge in [0.1, 0.15) is 0 Å². The van der Waals surface area contributed by atoms with Crippen LogP contribution in [0.3, 0.4) is 0 Å². The molecule has 2 amide bonds. The van der Waals surface area contributed by atoms with E-state index >= 15 is 0 Å². The van der Waals surface area contributed by atoms with Gasteiger partial charge in [0, 0.05) is 32.1 Å². The zero-order valence-electron chi connectivity index (χ0n) is 13.4. The Morgan fingerprint density at radius 1 is 1.29 bits per heavy atom. The molecule has 1 atom stereocenters. The van der Waals surface area contributed by atoms with Gasteiger partial charge in [-0.15, -0.1) is 0 Å². The molecule has 0 saturated carbocycles. The molecule has 0 aromatic carbocycles. The first kappa shape index (κ1) is 16.3. The molecule has 0 aromatic rings. The van der Waals surface area contributed by atoms with E-state index in [1.165, 1.54) is 0 Å². The van der Waals surface area contributed by atoms with Crippen LogP contribution in [-0.2, 0) is 9.59 Å². The van der Waals surface area contributed by atoms with E-state index in [0.29, 0.717) is 18.4 Å². The lowest BCUT2D eigenvalue weighted by Gasteiger charge is -2.42. The molecule has 0 aliphatic carbocycles. The second kappa shape index (κ2) is 6.77. The van der Waals surface area contributed by atoms with Gasteiger partial charge >= 0.3 is 0 Å². The van der Waals surface area contributed by atoms with Crippen molar-refractivity contribution in [3.05, 3.63) is 0 Å². The minimum Gasteiger partial charge on any atom is -0.341 e. The summed E-state index contributed by atoms with van der Waals surface area (Å²) in [7, 11) is 0. The van der Waals surface area contributed by atoms with Crippen molar-refractivity contribution in [1.82, 2.24) is 9.80 Å². The number of nitrogens with zero attached hydrogens (tertiary/aromatic N) is 2. The summed E-state index contributed by atoms with van der Waals surface area (Å²) in [6.07, 6.45) is 6.24. The highest BCUT2D eigenvalue weighted by molar-refractivity contribution is 5.85. The smallest absolute Gasteiger partial charge is 0.242 e. The summed E-state index contributed by atoms with van der Waals surface area (Å²) >= 11 is 0. The third kappa shape index (κ3) is 3.76. The number of nitrogens with two attached hydrogens (primary N) is 1. The first-order chi connectivity index (χ1) is 9.95. The molecular formula is C16H29N3O2. The van der Waals surface area contributed by atoms with Crippen LogP contribution in [0.5, 0.6) is 0 Å². The van der Waals surface area contributed by atoms with Crippen molar-refractivity contribution in [2.75, 3.05) is 19.6 Å². The molecule has 2 saturated heterocycles. The van der Waals surface area contributed by atoms with Gasteiger partial charge in [-0.2, -0.15) is 0 Å². The molecule has 0 spiro atoms. The number of carbonyl (C=O) groups is 2. The Bertz CT molecular complexity index is 387. The molecule has 2 aliphatic heterocycles. The first-order valence-electron chi connectivity index (χ1n) is 8.33. The van der Waals surface area contributed by atoms with E-state index < -0.39 is 5.54 Å². The number of hydrogen-bond donors (Lipinski definition) is 1. The number of likely N-dealkylation sites (tertiary alicyclic amines) is 2. The lowest BCUT2D eigenvalue weighted by molar-refractivity contribution is -0.141. The third-order valence-corrected chi connectivity index (χ3v) is 4.81. The predicted molar refractivity (Wildman–Crippen MR) is 82.7 cm³/mol. The van der Waals surface area contributed by atoms with E-state index in [1.807, 2.05) is 23.6 Å². The van der Waals surface area contributed by atoms with Crippen LogP contribution in [0.25, 0.3) is 0 Å². The van der Waals surface area contributed by atoms with Crippen LogP contribution in [0.4, 0.5) is 0 Å². The summed E-state index contributed by atoms with van der Waals surface area (Å²) < 4.78 is 0. The maximum Gasteiger partial charge on any atom is 0.242 e. The fourth-order valence-electron chi connectivity index (χ4n) is 3.58. The van der Waals surface area contributed by atoms with Crippen molar-refractivity contribution >= 4 is 11.8 Å². The van der Waals surface area contributed by atoms with E-state index in [2.05, 4.69) is 0 Å². The molecule has 2 N–H and O–H groups in total. The van der Waals surface area contributed by atoms with Crippen LogP contribution in [0, 0.1) is 0 Å². The van der Waals surface area contributed by atoms with Gasteiger partial charge in [0.25, 0.3) is 0 Å². The van der Waals surface area contributed by atoms with Crippen LogP contribution in [0.2, 0.25) is 0 Å². The molecule has 2 rings (SSSR count). The summed E-state index contributed by atoms with van der Waals surface area (Å²) in [5, 5.41) is 0. The molecule has 0 bridgehead atoms. The Morgan fingerprint density at radius 3 is 2.52 bits per heavy atom. The maximum atomic E-state index is 12.5. The number of carbonyl (C=O) groups excluding carboxylic acids is 2. The van der Waals surface area contributed by atoms with E-state index in [4.69, 9.17) is 5.73 Å². The standard InChI is InChI=1S/C16H29N3O2/c1-3-9-16(2,17)15(21)18-11-7-13(8-12-18)19-10-5-4-6-14(19)20/h13H,3-12,17H2,1-2H3. The van der Waals surface area contributed by atoms with Crippen molar-refractivity contribution in [2.24, 2.45) is 5.73 Å². The van der Waals surface area contributed by atoms with Crippen LogP contribution < -0.4 is 5.73 Å². The minimum atomic E-state index is -0.747. The molecule has 5 nitrogen and oxygen atoms in total. The summed E-state index contributed by atoms with van der Waals surface area (Å²) in [4.78, 5) is 28.4. The van der Waals surface area contributed by atoms with Gasteiger partial charge in [0.15, 0.2) is 0 Å². The topological polar surface area (TPSA) is 66.6 Å². The van der Waals surface area contributed by atoms with Crippen LogP contribution in [-0.4, -0.2) is 52.8 Å². The second-order valence-corrected chi connectivity index (χ2v) is 6.74. The predicted octanol–water partition coefficient (Wildman–Crippen LogP) is 1.51. The average Bonchev–Trinajstić information content (AvgIpc) is 2.47. The summed E-state index contributed by atoms with van der Waals surface area (Å²) in [5.74, 6) is 0.355. The zero-order valence-corrected chi connectivity index (χ0v) is 13.4. The van der Waals surface area contributed by atoms with Gasteiger partial charge in [0.05, 0.1) is 5.54 Å². The highest BCUT2D eigenvalue weighted by Gasteiger charge is 2.36. The normalized spacial score (nSPS) is 24.0. The van der Waals surface area contributed by atoms with Crippen LogP contribution in [0.1, 0.15) is 58.8 Å². The monoisotopic (exact) mass is 295 g/mol. The third-order valence-electron chi connectivity index (χ3n) is 4.81. The molecule has 1 unspecified atom stereocenters. The van der Waals surface area contributed by atoms with E-state index in [-0.39, 0.29) is 5.91 Å². The lowest BCUT2D eigenvalue weighted by atomic mass is 9.93. The summed E-state index contributed by atoms with van der Waals surface area (Å²) in [6, 6.07) is 0.317. The number of hydrogen-bond acceptors (Lipinski definition) is 3. The fourth-order valence-corrected chi connectivity index (χ4v) is 3.58. The summed E-state index contributed by atoms with van der Waals surface area (Å²) in [5.41, 5.74) is 5.40. The Morgan fingerprint density at radius 2 is 1.95 bits per heavy atom. The minimum absolute atomic E-state index is 0.0628. The van der Waals surface area contributed by atoms with Crippen molar-refractivity contribution in [3.63, 3.8) is 0 Å². The van der Waals surface area contributed by atoms with Crippen molar-refractivity contribution in [1.29, 1.82) is 0 Å². The summed E-state index contributed by atoms with van der Waals surface area (Å²) in [6.45, 7) is 6.22. The Balaban J connectivity index is 1.88. The molecule has 120 valence electrons. The van der Waals surface area contributed by atoms with E-state index in [1.54, 1.807) is 0 Å². The van der Waals surface area contributed by atoms with Crippen molar-refractivity contribution in [3.8, 4) is 0 Å². The zero-order chi connectivity index (χ0) is 15.5. The number of piperidine rings is 2. The molecule has 0 aromatic heterocycles. The molecule has 2 fully saturated rings. The highest BCUT2D eigenvalue weighted by Crippen LogP contribution is 2.23. The van der Waals surface area contributed by atoms with E-state index in [0.717, 1.165) is 58.2 Å². The van der Waals surface area contributed by atoms with Crippen LogP contribution >= 0.6 is 0 Å². The van der Waals surface area contributed by atoms with Crippen molar-refractivity contribution in [2.45, 2.75) is 70.4 Å².